The van der Waals surface area contributed by atoms with Gasteiger partial charge in [-0.15, -0.1) is 0 Å². The van der Waals surface area contributed by atoms with Crippen molar-refractivity contribution in [3.63, 3.8) is 0 Å². The molecule has 2 aromatic rings. The quantitative estimate of drug-likeness (QED) is 0.863. The molecular formula is C15H16N2O2. The van der Waals surface area contributed by atoms with Crippen molar-refractivity contribution in [3.8, 4) is 0 Å². The van der Waals surface area contributed by atoms with Crippen LogP contribution in [0, 0.1) is 6.92 Å². The molecule has 0 bridgehead atoms. The van der Waals surface area contributed by atoms with Gasteiger partial charge in [-0.25, -0.2) is 4.79 Å². The number of pyridine rings is 1. The number of carboxylic acids is 1. The predicted molar refractivity (Wildman–Crippen MR) is 74.6 cm³/mol. The Hall–Kier alpha value is -2.36. The number of aromatic nitrogens is 1. The summed E-state index contributed by atoms with van der Waals surface area (Å²) in [6.45, 7) is 2.59. The summed E-state index contributed by atoms with van der Waals surface area (Å²) in [6, 6.07) is 9.23. The van der Waals surface area contributed by atoms with Crippen LogP contribution in [-0.4, -0.2) is 22.6 Å². The molecule has 0 saturated carbocycles. The van der Waals surface area contributed by atoms with E-state index < -0.39 is 5.97 Å². The van der Waals surface area contributed by atoms with E-state index in [0.29, 0.717) is 5.56 Å². The number of aryl methyl sites for hydroxylation is 1. The van der Waals surface area contributed by atoms with Crippen molar-refractivity contribution in [2.24, 2.45) is 0 Å². The molecule has 4 nitrogen and oxygen atoms in total. The van der Waals surface area contributed by atoms with Crippen molar-refractivity contribution in [2.75, 3.05) is 11.9 Å². The van der Waals surface area contributed by atoms with E-state index in [1.807, 2.05) is 24.4 Å². The van der Waals surface area contributed by atoms with Crippen molar-refractivity contribution in [2.45, 2.75) is 13.3 Å². The zero-order valence-electron chi connectivity index (χ0n) is 10.8. The second-order valence-electron chi connectivity index (χ2n) is 4.37. The molecule has 2 rings (SSSR count). The minimum atomic E-state index is -0.889. The Bertz CT molecular complexity index is 568. The van der Waals surface area contributed by atoms with E-state index in [4.69, 9.17) is 5.11 Å². The lowest BCUT2D eigenvalue weighted by atomic mass is 10.1. The number of rotatable bonds is 5. The summed E-state index contributed by atoms with van der Waals surface area (Å²) >= 11 is 0. The zero-order chi connectivity index (χ0) is 13.7. The first kappa shape index (κ1) is 13.1. The summed E-state index contributed by atoms with van der Waals surface area (Å²) < 4.78 is 0. The van der Waals surface area contributed by atoms with Gasteiger partial charge in [0.15, 0.2) is 0 Å². The van der Waals surface area contributed by atoms with Crippen LogP contribution in [0.4, 0.5) is 5.69 Å². The standard InChI is InChI=1S/C15H16N2O2/c1-11-9-13(4-5-14(11)15(18)19)17-8-6-12-3-2-7-16-10-12/h2-5,7,9-10,17H,6,8H2,1H3,(H,18,19). The lowest BCUT2D eigenvalue weighted by molar-refractivity contribution is 0.0696. The lowest BCUT2D eigenvalue weighted by Crippen LogP contribution is -2.06. The molecule has 0 aliphatic carbocycles. The molecule has 0 fully saturated rings. The van der Waals surface area contributed by atoms with Crippen LogP contribution in [0.3, 0.4) is 0 Å². The Kier molecular flexibility index (Phi) is 4.13. The van der Waals surface area contributed by atoms with E-state index in [0.717, 1.165) is 24.2 Å². The van der Waals surface area contributed by atoms with Gasteiger partial charge < -0.3 is 10.4 Å². The van der Waals surface area contributed by atoms with E-state index in [-0.39, 0.29) is 0 Å². The molecule has 0 aliphatic rings. The van der Waals surface area contributed by atoms with Crippen LogP contribution in [0.25, 0.3) is 0 Å². The van der Waals surface area contributed by atoms with E-state index >= 15 is 0 Å². The van der Waals surface area contributed by atoms with Crippen LogP contribution in [0.5, 0.6) is 0 Å². The highest BCUT2D eigenvalue weighted by Gasteiger charge is 2.06. The number of benzene rings is 1. The maximum Gasteiger partial charge on any atom is 0.335 e. The molecule has 1 aromatic carbocycles. The van der Waals surface area contributed by atoms with Gasteiger partial charge in [0.1, 0.15) is 0 Å². The minimum Gasteiger partial charge on any atom is -0.478 e. The van der Waals surface area contributed by atoms with Gasteiger partial charge in [-0.1, -0.05) is 6.07 Å². The largest absolute Gasteiger partial charge is 0.478 e. The van der Waals surface area contributed by atoms with Crippen LogP contribution in [0.15, 0.2) is 42.7 Å². The molecule has 19 heavy (non-hydrogen) atoms. The Labute approximate surface area is 112 Å². The van der Waals surface area contributed by atoms with Crippen molar-refractivity contribution < 1.29 is 9.90 Å². The van der Waals surface area contributed by atoms with Crippen LogP contribution in [-0.2, 0) is 6.42 Å². The van der Waals surface area contributed by atoms with Crippen molar-refractivity contribution in [1.29, 1.82) is 0 Å². The monoisotopic (exact) mass is 256 g/mol. The third-order valence-corrected chi connectivity index (χ3v) is 2.92. The van der Waals surface area contributed by atoms with E-state index in [9.17, 15) is 4.79 Å². The molecule has 1 heterocycles. The lowest BCUT2D eigenvalue weighted by Gasteiger charge is -2.08. The molecule has 4 heteroatoms. The van der Waals surface area contributed by atoms with Crippen LogP contribution >= 0.6 is 0 Å². The topological polar surface area (TPSA) is 62.2 Å². The Morgan fingerprint density at radius 3 is 2.84 bits per heavy atom. The Balaban J connectivity index is 1.93. The highest BCUT2D eigenvalue weighted by Crippen LogP contribution is 2.15. The Morgan fingerprint density at radius 2 is 2.21 bits per heavy atom. The predicted octanol–water partition coefficient (Wildman–Crippen LogP) is 2.74. The smallest absolute Gasteiger partial charge is 0.335 e. The summed E-state index contributed by atoms with van der Waals surface area (Å²) in [5.41, 5.74) is 3.22. The van der Waals surface area contributed by atoms with Gasteiger partial charge in [-0.05, 0) is 48.7 Å². The van der Waals surface area contributed by atoms with Gasteiger partial charge in [-0.3, -0.25) is 4.98 Å². The molecular weight excluding hydrogens is 240 g/mol. The molecule has 2 N–H and O–H groups in total. The summed E-state index contributed by atoms with van der Waals surface area (Å²) in [7, 11) is 0. The fourth-order valence-corrected chi connectivity index (χ4v) is 1.91. The number of nitrogens with one attached hydrogen (secondary N) is 1. The maximum atomic E-state index is 10.9. The maximum absolute atomic E-state index is 10.9. The van der Waals surface area contributed by atoms with E-state index in [2.05, 4.69) is 10.3 Å². The SMILES string of the molecule is Cc1cc(NCCc2cccnc2)ccc1C(=O)O. The highest BCUT2D eigenvalue weighted by molar-refractivity contribution is 5.89. The first-order chi connectivity index (χ1) is 9.16. The van der Waals surface area contributed by atoms with Gasteiger partial charge in [0.2, 0.25) is 0 Å². The van der Waals surface area contributed by atoms with E-state index in [1.165, 1.54) is 5.56 Å². The van der Waals surface area contributed by atoms with Crippen LogP contribution in [0.2, 0.25) is 0 Å². The Morgan fingerprint density at radius 1 is 1.37 bits per heavy atom. The molecule has 0 unspecified atom stereocenters. The first-order valence-corrected chi connectivity index (χ1v) is 6.13. The van der Waals surface area contributed by atoms with Gasteiger partial charge in [0.25, 0.3) is 0 Å². The molecule has 0 spiro atoms. The number of aromatic carboxylic acids is 1. The fraction of sp³-hybridized carbons (Fsp3) is 0.200. The van der Waals surface area contributed by atoms with Crippen molar-refractivity contribution >= 4 is 11.7 Å². The van der Waals surface area contributed by atoms with Gasteiger partial charge in [0.05, 0.1) is 5.56 Å². The molecule has 0 atom stereocenters. The molecule has 98 valence electrons. The summed E-state index contributed by atoms with van der Waals surface area (Å²) in [5, 5.41) is 12.2. The highest BCUT2D eigenvalue weighted by atomic mass is 16.4. The minimum absolute atomic E-state index is 0.345. The summed E-state index contributed by atoms with van der Waals surface area (Å²) in [4.78, 5) is 15.0. The molecule has 0 radical (unpaired) electrons. The number of nitrogens with zero attached hydrogens (tertiary/aromatic N) is 1. The van der Waals surface area contributed by atoms with Gasteiger partial charge in [0, 0.05) is 24.6 Å². The molecule has 1 aromatic heterocycles. The van der Waals surface area contributed by atoms with Gasteiger partial charge in [-0.2, -0.15) is 0 Å². The summed E-state index contributed by atoms with van der Waals surface area (Å²) in [5.74, 6) is -0.889. The van der Waals surface area contributed by atoms with E-state index in [1.54, 1.807) is 25.3 Å². The van der Waals surface area contributed by atoms with Crippen molar-refractivity contribution in [3.05, 3.63) is 59.4 Å². The van der Waals surface area contributed by atoms with Crippen LogP contribution < -0.4 is 5.32 Å². The van der Waals surface area contributed by atoms with Crippen LogP contribution in [0.1, 0.15) is 21.5 Å². The number of anilines is 1. The molecule has 0 amide bonds. The molecule has 0 aliphatic heterocycles. The first-order valence-electron chi connectivity index (χ1n) is 6.13. The van der Waals surface area contributed by atoms with Gasteiger partial charge >= 0.3 is 5.97 Å². The summed E-state index contributed by atoms with van der Waals surface area (Å²) in [6.07, 6.45) is 4.49. The second kappa shape index (κ2) is 6.00. The average molecular weight is 256 g/mol. The number of hydrogen-bond acceptors (Lipinski definition) is 3. The average Bonchev–Trinajstić information content (AvgIpc) is 2.39. The third kappa shape index (κ3) is 3.55. The number of carboxylic acid groups (broad SMARTS) is 1. The fourth-order valence-electron chi connectivity index (χ4n) is 1.91. The third-order valence-electron chi connectivity index (χ3n) is 2.92. The number of carbonyl (C=O) groups is 1. The zero-order valence-corrected chi connectivity index (χ0v) is 10.8. The molecule has 0 saturated heterocycles. The van der Waals surface area contributed by atoms with Crippen molar-refractivity contribution in [1.82, 2.24) is 4.98 Å². The normalized spacial score (nSPS) is 10.2. The second-order valence-corrected chi connectivity index (χ2v) is 4.37. The number of hydrogen-bond donors (Lipinski definition) is 2.